The molecule has 1 N–H and O–H groups in total. The zero-order chi connectivity index (χ0) is 19.8. The number of halogens is 2. The van der Waals surface area contributed by atoms with E-state index in [0.29, 0.717) is 21.8 Å². The number of hydrogen-bond donors (Lipinski definition) is 1. The van der Waals surface area contributed by atoms with Crippen molar-refractivity contribution in [1.29, 1.82) is 0 Å². The monoisotopic (exact) mass is 438 g/mol. The Hall–Kier alpha value is -3.00. The lowest BCUT2D eigenvalue weighted by molar-refractivity contribution is 0.986. The first-order valence-electron chi connectivity index (χ1n) is 8.61. The zero-order valence-corrected chi connectivity index (χ0v) is 17.1. The number of hydrogen-bond acceptors (Lipinski definition) is 6. The zero-order valence-electron chi connectivity index (χ0n) is 14.8. The van der Waals surface area contributed by atoms with Gasteiger partial charge in [0.15, 0.2) is 0 Å². The van der Waals surface area contributed by atoms with Crippen LogP contribution in [0.4, 0.5) is 11.8 Å². The van der Waals surface area contributed by atoms with Gasteiger partial charge in [-0.3, -0.25) is 0 Å². The molecule has 0 radical (unpaired) electrons. The lowest BCUT2D eigenvalue weighted by atomic mass is 10.1. The molecule has 0 aliphatic heterocycles. The molecule has 5 rings (SSSR count). The maximum atomic E-state index is 6.35. The molecule has 9 heteroatoms. The van der Waals surface area contributed by atoms with Crippen LogP contribution >= 0.6 is 34.5 Å². The van der Waals surface area contributed by atoms with Crippen molar-refractivity contribution in [2.45, 2.75) is 0 Å². The normalized spacial score (nSPS) is 11.1. The second-order valence-corrected chi connectivity index (χ2v) is 7.83. The molecule has 0 saturated carbocycles. The largest absolute Gasteiger partial charge is 0.307 e. The molecule has 3 heterocycles. The smallest absolute Gasteiger partial charge is 0.249 e. The second kappa shape index (κ2) is 7.44. The fourth-order valence-corrected chi connectivity index (χ4v) is 4.13. The van der Waals surface area contributed by atoms with E-state index in [0.717, 1.165) is 27.5 Å². The predicted molar refractivity (Wildman–Crippen MR) is 117 cm³/mol. The minimum atomic E-state index is 0.439. The van der Waals surface area contributed by atoms with Crippen molar-refractivity contribution in [1.82, 2.24) is 24.6 Å². The highest BCUT2D eigenvalue weighted by Crippen LogP contribution is 2.33. The van der Waals surface area contributed by atoms with Crippen LogP contribution in [0.1, 0.15) is 0 Å². The fraction of sp³-hybridized carbons (Fsp3) is 0. The van der Waals surface area contributed by atoms with E-state index in [-0.39, 0.29) is 0 Å². The van der Waals surface area contributed by atoms with E-state index >= 15 is 0 Å². The fourth-order valence-electron chi connectivity index (χ4n) is 2.92. The Morgan fingerprint density at radius 2 is 1.83 bits per heavy atom. The molecule has 0 fully saturated rings. The third-order valence-corrected chi connectivity index (χ3v) is 5.64. The minimum absolute atomic E-state index is 0.439. The number of anilines is 2. The molecule has 142 valence electrons. The average Bonchev–Trinajstić information content (AvgIpc) is 3.31. The van der Waals surface area contributed by atoms with Gasteiger partial charge in [0.05, 0.1) is 16.4 Å². The number of nitrogens with one attached hydrogen (secondary N) is 1. The summed E-state index contributed by atoms with van der Waals surface area (Å²) in [6, 6.07) is 17.1. The van der Waals surface area contributed by atoms with Crippen molar-refractivity contribution in [3.05, 3.63) is 76.3 Å². The van der Waals surface area contributed by atoms with E-state index in [1.165, 1.54) is 17.7 Å². The molecule has 0 unspecified atom stereocenters. The summed E-state index contributed by atoms with van der Waals surface area (Å²) in [5.74, 6) is 1.05. The van der Waals surface area contributed by atoms with Gasteiger partial charge in [-0.1, -0.05) is 53.5 Å². The van der Waals surface area contributed by atoms with Gasteiger partial charge in [-0.05, 0) is 18.2 Å². The van der Waals surface area contributed by atoms with Gasteiger partial charge in [0.1, 0.15) is 12.1 Å². The van der Waals surface area contributed by atoms with E-state index < -0.39 is 0 Å². The average molecular weight is 439 g/mol. The van der Waals surface area contributed by atoms with E-state index in [2.05, 4.69) is 25.4 Å². The molecule has 0 amide bonds. The van der Waals surface area contributed by atoms with Crippen molar-refractivity contribution in [2.75, 3.05) is 5.32 Å². The number of aromatic nitrogens is 5. The highest BCUT2D eigenvalue weighted by Gasteiger charge is 2.15. The Morgan fingerprint density at radius 3 is 2.69 bits per heavy atom. The Kier molecular flexibility index (Phi) is 4.63. The Balaban J connectivity index is 1.48. The number of rotatable bonds is 4. The molecule has 0 spiro atoms. The van der Waals surface area contributed by atoms with Crippen LogP contribution in [0.3, 0.4) is 0 Å². The van der Waals surface area contributed by atoms with Gasteiger partial charge in [-0.2, -0.15) is 4.98 Å². The lowest BCUT2D eigenvalue weighted by Gasteiger charge is -2.04. The first-order chi connectivity index (χ1) is 14.2. The van der Waals surface area contributed by atoms with Gasteiger partial charge in [0.25, 0.3) is 0 Å². The molecule has 0 saturated heterocycles. The quantitative estimate of drug-likeness (QED) is 0.374. The Morgan fingerprint density at radius 1 is 0.966 bits per heavy atom. The van der Waals surface area contributed by atoms with Gasteiger partial charge in [-0.25, -0.2) is 14.5 Å². The number of nitrogens with zero attached hydrogens (tertiary/aromatic N) is 5. The third-order valence-electron chi connectivity index (χ3n) is 4.26. The molecular weight excluding hydrogens is 427 g/mol. The van der Waals surface area contributed by atoms with Crippen LogP contribution < -0.4 is 5.32 Å². The van der Waals surface area contributed by atoms with Crippen LogP contribution in [0.2, 0.25) is 10.0 Å². The van der Waals surface area contributed by atoms with E-state index in [1.807, 2.05) is 47.8 Å². The van der Waals surface area contributed by atoms with Gasteiger partial charge in [0, 0.05) is 27.6 Å². The molecule has 3 aromatic heterocycles. The first-order valence-corrected chi connectivity index (χ1v) is 10.2. The topological polar surface area (TPSA) is 68.0 Å². The van der Waals surface area contributed by atoms with Crippen molar-refractivity contribution in [3.8, 4) is 22.5 Å². The van der Waals surface area contributed by atoms with E-state index in [4.69, 9.17) is 23.2 Å². The number of benzene rings is 2. The molecule has 29 heavy (non-hydrogen) atoms. The molecule has 6 nitrogen and oxygen atoms in total. The van der Waals surface area contributed by atoms with Crippen LogP contribution in [-0.4, -0.2) is 24.6 Å². The molecule has 0 aliphatic carbocycles. The number of thiazole rings is 1. The van der Waals surface area contributed by atoms with Crippen molar-refractivity contribution in [3.63, 3.8) is 0 Å². The maximum Gasteiger partial charge on any atom is 0.249 e. The van der Waals surface area contributed by atoms with Crippen molar-refractivity contribution >= 4 is 51.3 Å². The highest BCUT2D eigenvalue weighted by atomic mass is 35.5. The van der Waals surface area contributed by atoms with Crippen LogP contribution in [0.25, 0.3) is 27.5 Å². The number of fused-ring (bicyclic) bond motifs is 1. The molecule has 0 bridgehead atoms. The van der Waals surface area contributed by atoms with Crippen LogP contribution in [0, 0.1) is 0 Å². The van der Waals surface area contributed by atoms with Crippen LogP contribution in [0.5, 0.6) is 0 Å². The molecule has 0 aliphatic rings. The summed E-state index contributed by atoms with van der Waals surface area (Å²) < 4.78 is 1.74. The van der Waals surface area contributed by atoms with Gasteiger partial charge in [0.2, 0.25) is 10.9 Å². The summed E-state index contributed by atoms with van der Waals surface area (Å²) >= 11 is 14.0. The molecule has 5 aromatic rings. The summed E-state index contributed by atoms with van der Waals surface area (Å²) in [4.78, 5) is 13.9. The molecular formula is C20H12Cl2N6S. The highest BCUT2D eigenvalue weighted by molar-refractivity contribution is 7.15. The molecule has 2 aromatic carbocycles. The van der Waals surface area contributed by atoms with Crippen molar-refractivity contribution in [2.24, 2.45) is 0 Å². The van der Waals surface area contributed by atoms with Crippen LogP contribution in [-0.2, 0) is 0 Å². The summed E-state index contributed by atoms with van der Waals surface area (Å²) in [5, 5.41) is 10.9. The standard InChI is InChI=1S/C20H12Cl2N6S/c21-13-6-7-15(22)14(8-13)17-10-29-20-26-19(27-28(17)20)25-18-9-16(23-11-24-18)12-4-2-1-3-5-12/h1-11H,(H,23,24,25,27). The third kappa shape index (κ3) is 3.55. The summed E-state index contributed by atoms with van der Waals surface area (Å²) in [5.41, 5.74) is 3.45. The van der Waals surface area contributed by atoms with Crippen LogP contribution in [0.15, 0.2) is 66.3 Å². The van der Waals surface area contributed by atoms with E-state index in [9.17, 15) is 0 Å². The predicted octanol–water partition coefficient (Wildman–Crippen LogP) is 5.97. The Bertz CT molecular complexity index is 1320. The van der Waals surface area contributed by atoms with Gasteiger partial charge in [-0.15, -0.1) is 16.4 Å². The minimum Gasteiger partial charge on any atom is -0.307 e. The SMILES string of the molecule is Clc1ccc(Cl)c(-c2csc3nc(Nc4cc(-c5ccccc5)ncn4)nn23)c1. The van der Waals surface area contributed by atoms with Gasteiger partial charge < -0.3 is 5.32 Å². The maximum absolute atomic E-state index is 6.35. The van der Waals surface area contributed by atoms with Crippen molar-refractivity contribution < 1.29 is 0 Å². The summed E-state index contributed by atoms with van der Waals surface area (Å²) in [6.07, 6.45) is 1.51. The summed E-state index contributed by atoms with van der Waals surface area (Å²) in [7, 11) is 0. The molecule has 0 atom stereocenters. The summed E-state index contributed by atoms with van der Waals surface area (Å²) in [6.45, 7) is 0. The van der Waals surface area contributed by atoms with E-state index in [1.54, 1.807) is 16.6 Å². The Labute approximate surface area is 179 Å². The lowest BCUT2D eigenvalue weighted by Crippen LogP contribution is -1.98. The first kappa shape index (κ1) is 18.1. The van der Waals surface area contributed by atoms with Gasteiger partial charge >= 0.3 is 0 Å². The second-order valence-electron chi connectivity index (χ2n) is 6.15.